The minimum absolute atomic E-state index is 0.0383. The molecule has 166 valence electrons. The van der Waals surface area contributed by atoms with Gasteiger partial charge < -0.3 is 14.5 Å². The Bertz CT molecular complexity index is 930. The summed E-state index contributed by atoms with van der Waals surface area (Å²) in [6.07, 6.45) is -2.80. The fourth-order valence-corrected chi connectivity index (χ4v) is 4.31. The first kappa shape index (κ1) is 23.0. The molecule has 1 aliphatic heterocycles. The molecule has 0 atom stereocenters. The Morgan fingerprint density at radius 2 is 1.71 bits per heavy atom. The molecular formula is C22H23F3N2O3S. The number of amides is 2. The molecule has 1 aliphatic rings. The number of alkyl halides is 3. The van der Waals surface area contributed by atoms with Crippen LogP contribution in [0.2, 0.25) is 0 Å². The third kappa shape index (κ3) is 6.40. The molecule has 5 nitrogen and oxygen atoms in total. The van der Waals surface area contributed by atoms with Crippen LogP contribution in [-0.4, -0.2) is 53.9 Å². The Morgan fingerprint density at radius 3 is 2.42 bits per heavy atom. The lowest BCUT2D eigenvalue weighted by Gasteiger charge is -2.21. The Morgan fingerprint density at radius 1 is 1.06 bits per heavy atom. The second-order valence-electron chi connectivity index (χ2n) is 7.19. The van der Waals surface area contributed by atoms with Gasteiger partial charge in [0.05, 0.1) is 11.3 Å². The number of thioether (sulfide) groups is 1. The first-order chi connectivity index (χ1) is 14.7. The van der Waals surface area contributed by atoms with Crippen LogP contribution in [0.25, 0.3) is 0 Å². The summed E-state index contributed by atoms with van der Waals surface area (Å²) in [6.45, 7) is 1.47. The molecule has 0 N–H and O–H groups in total. The maximum Gasteiger partial charge on any atom is 0.573 e. The van der Waals surface area contributed by atoms with Crippen molar-refractivity contribution in [2.24, 2.45) is 0 Å². The lowest BCUT2D eigenvalue weighted by Crippen LogP contribution is -2.29. The fraction of sp³-hybridized carbons (Fsp3) is 0.364. The van der Waals surface area contributed by atoms with Crippen molar-refractivity contribution in [3.8, 4) is 5.75 Å². The Labute approximate surface area is 183 Å². The van der Waals surface area contributed by atoms with E-state index >= 15 is 0 Å². The SMILES string of the molecule is CN(Cc1ccccc1OC(F)(F)F)C(=O)c1ccccc1SCC(=O)N1CCCC1. The molecule has 0 spiro atoms. The van der Waals surface area contributed by atoms with E-state index in [0.29, 0.717) is 10.5 Å². The number of carbonyl (C=O) groups excluding carboxylic acids is 2. The molecule has 2 amide bonds. The maximum absolute atomic E-state index is 13.0. The van der Waals surface area contributed by atoms with Gasteiger partial charge in [0.25, 0.3) is 5.91 Å². The van der Waals surface area contributed by atoms with E-state index in [9.17, 15) is 22.8 Å². The topological polar surface area (TPSA) is 49.9 Å². The van der Waals surface area contributed by atoms with Gasteiger partial charge in [0.2, 0.25) is 5.91 Å². The number of para-hydroxylation sites is 1. The summed E-state index contributed by atoms with van der Waals surface area (Å²) in [5, 5.41) is 0. The summed E-state index contributed by atoms with van der Waals surface area (Å²) >= 11 is 1.29. The summed E-state index contributed by atoms with van der Waals surface area (Å²) in [5.41, 5.74) is 0.642. The third-order valence-corrected chi connectivity index (χ3v) is 5.94. The molecule has 31 heavy (non-hydrogen) atoms. The lowest BCUT2D eigenvalue weighted by molar-refractivity contribution is -0.275. The van der Waals surface area contributed by atoms with Crippen molar-refractivity contribution in [3.63, 3.8) is 0 Å². The van der Waals surface area contributed by atoms with Crippen LogP contribution in [0.3, 0.4) is 0 Å². The number of rotatable bonds is 7. The number of carbonyl (C=O) groups is 2. The van der Waals surface area contributed by atoms with E-state index in [1.165, 1.54) is 41.9 Å². The quantitative estimate of drug-likeness (QED) is 0.578. The number of halogens is 3. The van der Waals surface area contributed by atoms with Crippen LogP contribution >= 0.6 is 11.8 Å². The second-order valence-corrected chi connectivity index (χ2v) is 8.21. The van der Waals surface area contributed by atoms with E-state index in [1.54, 1.807) is 30.3 Å². The number of likely N-dealkylation sites (tertiary alicyclic amines) is 1. The van der Waals surface area contributed by atoms with Gasteiger partial charge in [-0.15, -0.1) is 24.9 Å². The maximum atomic E-state index is 13.0. The first-order valence-electron chi connectivity index (χ1n) is 9.83. The molecule has 3 rings (SSSR count). The largest absolute Gasteiger partial charge is 0.573 e. The smallest absolute Gasteiger partial charge is 0.405 e. The van der Waals surface area contributed by atoms with Crippen molar-refractivity contribution < 1.29 is 27.5 Å². The molecule has 9 heteroatoms. The van der Waals surface area contributed by atoms with Gasteiger partial charge in [0, 0.05) is 37.1 Å². The molecule has 1 heterocycles. The number of hydrogen-bond acceptors (Lipinski definition) is 4. The summed E-state index contributed by atoms with van der Waals surface area (Å²) in [5.74, 6) is -0.417. The summed E-state index contributed by atoms with van der Waals surface area (Å²) < 4.78 is 42.1. The van der Waals surface area contributed by atoms with E-state index in [1.807, 2.05) is 4.90 Å². The summed E-state index contributed by atoms with van der Waals surface area (Å²) in [6, 6.07) is 12.7. The average molecular weight is 452 g/mol. The third-order valence-electron chi connectivity index (χ3n) is 4.88. The highest BCUT2D eigenvalue weighted by Gasteiger charge is 2.32. The number of ether oxygens (including phenoxy) is 1. The molecular weight excluding hydrogens is 429 g/mol. The Hall–Kier alpha value is -2.68. The second kappa shape index (κ2) is 10.1. The Balaban J connectivity index is 1.69. The standard InChI is InChI=1S/C22H23F3N2O3S/c1-26(14-16-8-2-4-10-18(16)30-22(23,24)25)21(29)17-9-3-5-11-19(17)31-15-20(28)27-12-6-7-13-27/h2-5,8-11H,6-7,12-15H2,1H3. The zero-order valence-corrected chi connectivity index (χ0v) is 17.8. The van der Waals surface area contributed by atoms with Crippen molar-refractivity contribution in [3.05, 3.63) is 59.7 Å². The van der Waals surface area contributed by atoms with Crippen molar-refractivity contribution in [1.29, 1.82) is 0 Å². The zero-order chi connectivity index (χ0) is 22.4. The molecule has 1 saturated heterocycles. The molecule has 1 fully saturated rings. The zero-order valence-electron chi connectivity index (χ0n) is 17.0. The van der Waals surface area contributed by atoms with Crippen LogP contribution in [0.1, 0.15) is 28.8 Å². The molecule has 2 aromatic carbocycles. The highest BCUT2D eigenvalue weighted by atomic mass is 32.2. The van der Waals surface area contributed by atoms with E-state index < -0.39 is 6.36 Å². The van der Waals surface area contributed by atoms with Crippen LogP contribution in [0.15, 0.2) is 53.4 Å². The molecule has 0 bridgehead atoms. The molecule has 0 aromatic heterocycles. The van der Waals surface area contributed by atoms with Gasteiger partial charge in [-0.3, -0.25) is 9.59 Å². The van der Waals surface area contributed by atoms with Crippen molar-refractivity contribution in [2.75, 3.05) is 25.9 Å². The van der Waals surface area contributed by atoms with Crippen LogP contribution < -0.4 is 4.74 Å². The highest BCUT2D eigenvalue weighted by Crippen LogP contribution is 2.29. The van der Waals surface area contributed by atoms with E-state index in [-0.39, 0.29) is 35.4 Å². The minimum atomic E-state index is -4.82. The van der Waals surface area contributed by atoms with Gasteiger partial charge in [-0.2, -0.15) is 0 Å². The van der Waals surface area contributed by atoms with Crippen LogP contribution in [-0.2, 0) is 11.3 Å². The van der Waals surface area contributed by atoms with Crippen LogP contribution in [0.5, 0.6) is 5.75 Å². The van der Waals surface area contributed by atoms with Gasteiger partial charge in [0.15, 0.2) is 0 Å². The first-order valence-corrected chi connectivity index (χ1v) is 10.8. The van der Waals surface area contributed by atoms with Gasteiger partial charge in [-0.1, -0.05) is 30.3 Å². The monoisotopic (exact) mass is 452 g/mol. The number of benzene rings is 2. The predicted octanol–water partition coefficient (Wildman–Crippen LogP) is 4.57. The fourth-order valence-electron chi connectivity index (χ4n) is 3.36. The average Bonchev–Trinajstić information content (AvgIpc) is 3.27. The van der Waals surface area contributed by atoms with Crippen molar-refractivity contribution in [1.82, 2.24) is 9.80 Å². The van der Waals surface area contributed by atoms with Crippen LogP contribution in [0.4, 0.5) is 13.2 Å². The molecule has 2 aromatic rings. The van der Waals surface area contributed by atoms with Gasteiger partial charge in [-0.25, -0.2) is 0 Å². The normalized spacial score (nSPS) is 13.9. The van der Waals surface area contributed by atoms with Crippen molar-refractivity contribution in [2.45, 2.75) is 30.6 Å². The van der Waals surface area contributed by atoms with E-state index in [4.69, 9.17) is 0 Å². The number of hydrogen-bond donors (Lipinski definition) is 0. The van der Waals surface area contributed by atoms with Gasteiger partial charge in [0.1, 0.15) is 5.75 Å². The molecule has 0 aliphatic carbocycles. The van der Waals surface area contributed by atoms with E-state index in [0.717, 1.165) is 25.9 Å². The van der Waals surface area contributed by atoms with Gasteiger partial charge in [-0.05, 0) is 31.0 Å². The molecule has 0 radical (unpaired) electrons. The molecule has 0 unspecified atom stereocenters. The molecule has 0 saturated carbocycles. The summed E-state index contributed by atoms with van der Waals surface area (Å²) in [7, 11) is 1.52. The number of nitrogens with zero attached hydrogens (tertiary/aromatic N) is 2. The minimum Gasteiger partial charge on any atom is -0.405 e. The van der Waals surface area contributed by atoms with Crippen molar-refractivity contribution >= 4 is 23.6 Å². The van der Waals surface area contributed by atoms with Gasteiger partial charge >= 0.3 is 6.36 Å². The van der Waals surface area contributed by atoms with Crippen LogP contribution in [0, 0.1) is 0 Å². The predicted molar refractivity (Wildman–Crippen MR) is 112 cm³/mol. The Kier molecular flexibility index (Phi) is 7.48. The summed E-state index contributed by atoms with van der Waals surface area (Å²) in [4.78, 5) is 29.2. The lowest BCUT2D eigenvalue weighted by atomic mass is 10.1. The highest BCUT2D eigenvalue weighted by molar-refractivity contribution is 8.00. The van der Waals surface area contributed by atoms with E-state index in [2.05, 4.69) is 4.74 Å².